The van der Waals surface area contributed by atoms with Crippen LogP contribution in [-0.2, 0) is 11.3 Å². The minimum absolute atomic E-state index is 0.00331. The molecule has 1 aromatic rings. The van der Waals surface area contributed by atoms with E-state index in [0.717, 1.165) is 56.4 Å². The van der Waals surface area contributed by atoms with Crippen LogP contribution in [0.15, 0.2) is 6.07 Å². The van der Waals surface area contributed by atoms with Crippen molar-refractivity contribution in [1.29, 1.82) is 0 Å². The Balaban J connectivity index is 2.07. The predicted molar refractivity (Wildman–Crippen MR) is 75.0 cm³/mol. The predicted octanol–water partition coefficient (Wildman–Crippen LogP) is 1.29. The monoisotopic (exact) mass is 264 g/mol. The van der Waals surface area contributed by atoms with Crippen molar-refractivity contribution in [3.63, 3.8) is 0 Å². The van der Waals surface area contributed by atoms with E-state index in [-0.39, 0.29) is 6.10 Å². The third kappa shape index (κ3) is 4.23. The normalized spacial score (nSPS) is 20.7. The summed E-state index contributed by atoms with van der Waals surface area (Å²) in [4.78, 5) is 11.4. The summed E-state index contributed by atoms with van der Waals surface area (Å²) in [6.07, 6.45) is 1.14. The number of nitrogens with zero attached hydrogens (tertiary/aromatic N) is 3. The van der Waals surface area contributed by atoms with Crippen molar-refractivity contribution in [2.75, 3.05) is 33.3 Å². The smallest absolute Gasteiger partial charge is 0.158 e. The molecule has 1 unspecified atom stereocenters. The fourth-order valence-electron chi connectivity index (χ4n) is 2.22. The Labute approximate surface area is 115 Å². The third-order valence-corrected chi connectivity index (χ3v) is 3.21. The summed E-state index contributed by atoms with van der Waals surface area (Å²) >= 11 is 0. The van der Waals surface area contributed by atoms with Crippen LogP contribution in [0.25, 0.3) is 0 Å². The Morgan fingerprint density at radius 3 is 3.05 bits per heavy atom. The van der Waals surface area contributed by atoms with E-state index in [9.17, 15) is 0 Å². The van der Waals surface area contributed by atoms with Crippen LogP contribution >= 0.6 is 0 Å². The van der Waals surface area contributed by atoms with Crippen molar-refractivity contribution in [3.8, 4) is 0 Å². The average Bonchev–Trinajstić information content (AvgIpc) is 2.38. The molecule has 0 radical (unpaired) electrons. The van der Waals surface area contributed by atoms with Crippen molar-refractivity contribution in [2.45, 2.75) is 32.9 Å². The van der Waals surface area contributed by atoms with Crippen molar-refractivity contribution in [3.05, 3.63) is 23.3 Å². The molecule has 106 valence electrons. The largest absolute Gasteiger partial charge is 0.368 e. The molecular weight excluding hydrogens is 240 g/mol. The zero-order chi connectivity index (χ0) is 13.7. The van der Waals surface area contributed by atoms with Crippen LogP contribution in [0, 0.1) is 6.92 Å². The van der Waals surface area contributed by atoms with Gasteiger partial charge in [0.1, 0.15) is 6.10 Å². The van der Waals surface area contributed by atoms with Crippen LogP contribution in [0.3, 0.4) is 0 Å². The first kappa shape index (κ1) is 14.4. The number of hydrogen-bond acceptors (Lipinski definition) is 5. The minimum Gasteiger partial charge on any atom is -0.368 e. The second-order valence-electron chi connectivity index (χ2n) is 5.16. The van der Waals surface area contributed by atoms with Crippen LogP contribution in [0.2, 0.25) is 0 Å². The standard InChI is InChI=1S/C14H24N4O/c1-4-5-15-9-12-8-11(2)16-14(17-12)13-10-18(3)6-7-19-13/h8,13,15H,4-7,9-10H2,1-3H3. The fraction of sp³-hybridized carbons (Fsp3) is 0.714. The second-order valence-corrected chi connectivity index (χ2v) is 5.16. The van der Waals surface area contributed by atoms with E-state index < -0.39 is 0 Å². The van der Waals surface area contributed by atoms with Gasteiger partial charge in [-0.05, 0) is 33.0 Å². The Morgan fingerprint density at radius 1 is 1.47 bits per heavy atom. The van der Waals surface area contributed by atoms with Gasteiger partial charge in [0, 0.05) is 25.3 Å². The molecule has 1 aromatic heterocycles. The maximum absolute atomic E-state index is 5.78. The first-order valence-electron chi connectivity index (χ1n) is 7.04. The van der Waals surface area contributed by atoms with Crippen molar-refractivity contribution < 1.29 is 4.74 Å². The van der Waals surface area contributed by atoms with Gasteiger partial charge in [0.05, 0.1) is 12.3 Å². The quantitative estimate of drug-likeness (QED) is 0.812. The molecule has 1 saturated heterocycles. The van der Waals surface area contributed by atoms with Crippen molar-refractivity contribution in [1.82, 2.24) is 20.2 Å². The number of morpholine rings is 1. The third-order valence-electron chi connectivity index (χ3n) is 3.21. The molecule has 1 N–H and O–H groups in total. The Bertz CT molecular complexity index is 410. The van der Waals surface area contributed by atoms with Crippen LogP contribution in [-0.4, -0.2) is 48.2 Å². The fourth-order valence-corrected chi connectivity index (χ4v) is 2.22. The molecule has 0 bridgehead atoms. The maximum Gasteiger partial charge on any atom is 0.158 e. The van der Waals surface area contributed by atoms with E-state index in [1.54, 1.807) is 0 Å². The molecule has 1 atom stereocenters. The highest BCUT2D eigenvalue weighted by atomic mass is 16.5. The molecule has 0 amide bonds. The Hall–Kier alpha value is -1.04. The number of aryl methyl sites for hydroxylation is 1. The van der Waals surface area contributed by atoms with E-state index >= 15 is 0 Å². The molecule has 1 aliphatic heterocycles. The van der Waals surface area contributed by atoms with Crippen LogP contribution in [0.1, 0.15) is 36.7 Å². The molecule has 0 aromatic carbocycles. The lowest BCUT2D eigenvalue weighted by molar-refractivity contribution is -0.0256. The van der Waals surface area contributed by atoms with Gasteiger partial charge < -0.3 is 15.0 Å². The van der Waals surface area contributed by atoms with E-state index in [1.165, 1.54) is 0 Å². The van der Waals surface area contributed by atoms with Gasteiger partial charge in [-0.1, -0.05) is 6.92 Å². The summed E-state index contributed by atoms with van der Waals surface area (Å²) in [5.41, 5.74) is 2.06. The van der Waals surface area contributed by atoms with Gasteiger partial charge in [-0.3, -0.25) is 0 Å². The van der Waals surface area contributed by atoms with Gasteiger partial charge in [-0.2, -0.15) is 0 Å². The molecule has 5 heteroatoms. The molecule has 1 aliphatic rings. The number of ether oxygens (including phenoxy) is 1. The molecule has 0 aliphatic carbocycles. The summed E-state index contributed by atoms with van der Waals surface area (Å²) in [6.45, 7) is 8.59. The topological polar surface area (TPSA) is 50.3 Å². The number of rotatable bonds is 5. The maximum atomic E-state index is 5.78. The molecule has 1 fully saturated rings. The first-order chi connectivity index (χ1) is 9.19. The van der Waals surface area contributed by atoms with Crippen molar-refractivity contribution in [2.24, 2.45) is 0 Å². The highest BCUT2D eigenvalue weighted by Crippen LogP contribution is 2.18. The zero-order valence-electron chi connectivity index (χ0n) is 12.1. The summed E-state index contributed by atoms with van der Waals surface area (Å²) in [5, 5.41) is 3.38. The van der Waals surface area contributed by atoms with Crippen LogP contribution in [0.5, 0.6) is 0 Å². The second kappa shape index (κ2) is 6.93. The molecule has 0 spiro atoms. The van der Waals surface area contributed by atoms with Gasteiger partial charge in [0.2, 0.25) is 0 Å². The summed E-state index contributed by atoms with van der Waals surface area (Å²) < 4.78 is 5.78. The first-order valence-corrected chi connectivity index (χ1v) is 7.04. The van der Waals surface area contributed by atoms with E-state index in [1.807, 2.05) is 13.0 Å². The molecular formula is C14H24N4O. The number of aromatic nitrogens is 2. The average molecular weight is 264 g/mol. The van der Waals surface area contributed by atoms with Gasteiger partial charge in [-0.25, -0.2) is 9.97 Å². The van der Waals surface area contributed by atoms with E-state index in [2.05, 4.69) is 34.2 Å². The van der Waals surface area contributed by atoms with E-state index in [4.69, 9.17) is 4.74 Å². The molecule has 19 heavy (non-hydrogen) atoms. The molecule has 2 heterocycles. The number of likely N-dealkylation sites (N-methyl/N-ethyl adjacent to an activating group) is 1. The van der Waals surface area contributed by atoms with E-state index in [0.29, 0.717) is 0 Å². The Morgan fingerprint density at radius 2 is 2.32 bits per heavy atom. The summed E-state index contributed by atoms with van der Waals surface area (Å²) in [7, 11) is 2.11. The molecule has 2 rings (SSSR count). The lowest BCUT2D eigenvalue weighted by atomic mass is 10.2. The SMILES string of the molecule is CCCNCc1cc(C)nc(C2CN(C)CCO2)n1. The number of nitrogens with one attached hydrogen (secondary N) is 1. The lowest BCUT2D eigenvalue weighted by Gasteiger charge is -2.29. The molecule has 0 saturated carbocycles. The van der Waals surface area contributed by atoms with Gasteiger partial charge in [0.25, 0.3) is 0 Å². The summed E-state index contributed by atoms with van der Waals surface area (Å²) in [5.74, 6) is 0.819. The number of hydrogen-bond donors (Lipinski definition) is 1. The lowest BCUT2D eigenvalue weighted by Crippen LogP contribution is -2.36. The van der Waals surface area contributed by atoms with Crippen molar-refractivity contribution >= 4 is 0 Å². The van der Waals surface area contributed by atoms with Crippen LogP contribution < -0.4 is 5.32 Å². The highest BCUT2D eigenvalue weighted by molar-refractivity contribution is 5.12. The van der Waals surface area contributed by atoms with Crippen LogP contribution in [0.4, 0.5) is 0 Å². The van der Waals surface area contributed by atoms with Gasteiger partial charge in [-0.15, -0.1) is 0 Å². The molecule has 5 nitrogen and oxygen atoms in total. The zero-order valence-corrected chi connectivity index (χ0v) is 12.1. The summed E-state index contributed by atoms with van der Waals surface area (Å²) in [6, 6.07) is 2.04. The Kier molecular flexibility index (Phi) is 5.24. The van der Waals surface area contributed by atoms with Gasteiger partial charge in [0.15, 0.2) is 5.82 Å². The minimum atomic E-state index is 0.00331. The highest BCUT2D eigenvalue weighted by Gasteiger charge is 2.22. The van der Waals surface area contributed by atoms with Gasteiger partial charge >= 0.3 is 0 Å².